The Kier molecular flexibility index (Phi) is 4.74. The molecule has 142 valence electrons. The van der Waals surface area contributed by atoms with Crippen LogP contribution in [0.1, 0.15) is 22.4 Å². The summed E-state index contributed by atoms with van der Waals surface area (Å²) < 4.78 is 13.2. The van der Waals surface area contributed by atoms with Crippen LogP contribution >= 0.6 is 0 Å². The summed E-state index contributed by atoms with van der Waals surface area (Å²) in [5.74, 6) is 1.40. The highest BCUT2D eigenvalue weighted by molar-refractivity contribution is 5.84. The summed E-state index contributed by atoms with van der Waals surface area (Å²) in [5.41, 5.74) is 6.09. The Morgan fingerprint density at radius 3 is 2.50 bits per heavy atom. The molecule has 28 heavy (non-hydrogen) atoms. The van der Waals surface area contributed by atoms with Crippen molar-refractivity contribution in [3.05, 3.63) is 77.0 Å². The number of nitrogens with zero attached hydrogens (tertiary/aromatic N) is 3. The molecule has 0 fully saturated rings. The monoisotopic (exact) mass is 373 g/mol. The molecule has 0 radical (unpaired) electrons. The van der Waals surface area contributed by atoms with Gasteiger partial charge in [-0.1, -0.05) is 29.8 Å². The lowest BCUT2D eigenvalue weighted by Gasteiger charge is -2.09. The lowest BCUT2D eigenvalue weighted by atomic mass is 10.1. The lowest BCUT2D eigenvalue weighted by molar-refractivity contribution is 0.293. The predicted octanol–water partition coefficient (Wildman–Crippen LogP) is 4.93. The molecule has 0 unspecified atom stereocenters. The molecule has 0 spiro atoms. The highest BCUT2D eigenvalue weighted by Crippen LogP contribution is 2.27. The molecule has 0 saturated heterocycles. The van der Waals surface area contributed by atoms with Gasteiger partial charge in [-0.15, -0.1) is 0 Å². The van der Waals surface area contributed by atoms with Crippen LogP contribution in [0.25, 0.3) is 16.7 Å². The van der Waals surface area contributed by atoms with Gasteiger partial charge in [0.2, 0.25) is 5.88 Å². The third kappa shape index (κ3) is 3.43. The first-order valence-corrected chi connectivity index (χ1v) is 9.25. The minimum atomic E-state index is 0.423. The SMILES string of the molecule is COc1cccc(COc2cc(C)c3c(C)nn(-c4ccc(C)cc4)c3n2)c1. The minimum absolute atomic E-state index is 0.423. The fraction of sp³-hybridized carbons (Fsp3) is 0.217. The zero-order valence-corrected chi connectivity index (χ0v) is 16.6. The molecule has 4 aromatic rings. The first-order chi connectivity index (χ1) is 13.5. The molecule has 0 aliphatic rings. The number of methoxy groups -OCH3 is 1. The van der Waals surface area contributed by atoms with Crippen molar-refractivity contribution in [2.24, 2.45) is 0 Å². The van der Waals surface area contributed by atoms with Crippen molar-refractivity contribution in [1.29, 1.82) is 0 Å². The Bertz CT molecular complexity index is 1130. The summed E-state index contributed by atoms with van der Waals surface area (Å²) in [6.07, 6.45) is 0. The third-order valence-electron chi connectivity index (χ3n) is 4.79. The van der Waals surface area contributed by atoms with Gasteiger partial charge in [0, 0.05) is 11.5 Å². The second kappa shape index (κ2) is 7.35. The summed E-state index contributed by atoms with van der Waals surface area (Å²) in [5, 5.41) is 5.78. The van der Waals surface area contributed by atoms with Crippen molar-refractivity contribution in [3.8, 4) is 17.3 Å². The molecular formula is C23H23N3O2. The molecule has 0 atom stereocenters. The smallest absolute Gasteiger partial charge is 0.215 e. The number of hydrogen-bond donors (Lipinski definition) is 0. The number of rotatable bonds is 5. The van der Waals surface area contributed by atoms with Crippen LogP contribution in [0, 0.1) is 20.8 Å². The van der Waals surface area contributed by atoms with Crippen LogP contribution in [0.15, 0.2) is 54.6 Å². The Labute approximate surface area is 164 Å². The zero-order chi connectivity index (χ0) is 19.7. The van der Waals surface area contributed by atoms with Crippen LogP contribution in [0.4, 0.5) is 0 Å². The average Bonchev–Trinajstić information content (AvgIpc) is 3.04. The lowest BCUT2D eigenvalue weighted by Crippen LogP contribution is -2.01. The zero-order valence-electron chi connectivity index (χ0n) is 16.6. The number of aryl methyl sites for hydroxylation is 3. The second-order valence-corrected chi connectivity index (χ2v) is 6.95. The fourth-order valence-electron chi connectivity index (χ4n) is 3.33. The summed E-state index contributed by atoms with van der Waals surface area (Å²) in [6.45, 7) is 6.57. The van der Waals surface area contributed by atoms with E-state index in [1.807, 2.05) is 41.9 Å². The van der Waals surface area contributed by atoms with Gasteiger partial charge >= 0.3 is 0 Å². The number of benzene rings is 2. The molecule has 2 aromatic carbocycles. The molecule has 0 N–H and O–H groups in total. The summed E-state index contributed by atoms with van der Waals surface area (Å²) in [4.78, 5) is 4.76. The Hall–Kier alpha value is -3.34. The quantitative estimate of drug-likeness (QED) is 0.497. The molecule has 0 amide bonds. The molecule has 2 heterocycles. The van der Waals surface area contributed by atoms with Crippen LogP contribution in [0.2, 0.25) is 0 Å². The largest absolute Gasteiger partial charge is 0.497 e. The molecule has 5 heteroatoms. The van der Waals surface area contributed by atoms with E-state index in [0.717, 1.165) is 39.3 Å². The summed E-state index contributed by atoms with van der Waals surface area (Å²) in [6, 6.07) is 18.1. The van der Waals surface area contributed by atoms with Crippen LogP contribution in [0.3, 0.4) is 0 Å². The van der Waals surface area contributed by atoms with Crippen LogP contribution in [-0.2, 0) is 6.61 Å². The van der Waals surface area contributed by atoms with Gasteiger partial charge in [-0.3, -0.25) is 0 Å². The van der Waals surface area contributed by atoms with Crippen LogP contribution < -0.4 is 9.47 Å². The molecule has 4 rings (SSSR count). The molecular weight excluding hydrogens is 350 g/mol. The maximum atomic E-state index is 5.99. The van der Waals surface area contributed by atoms with Crippen molar-refractivity contribution < 1.29 is 9.47 Å². The van der Waals surface area contributed by atoms with Gasteiger partial charge in [0.1, 0.15) is 12.4 Å². The van der Waals surface area contributed by atoms with Gasteiger partial charge in [-0.25, -0.2) is 4.68 Å². The average molecular weight is 373 g/mol. The first kappa shape index (κ1) is 18.0. The van der Waals surface area contributed by atoms with Crippen molar-refractivity contribution in [2.75, 3.05) is 7.11 Å². The molecule has 0 aliphatic carbocycles. The van der Waals surface area contributed by atoms with Crippen molar-refractivity contribution >= 4 is 11.0 Å². The van der Waals surface area contributed by atoms with E-state index in [9.17, 15) is 0 Å². The normalized spacial score (nSPS) is 11.0. The maximum Gasteiger partial charge on any atom is 0.215 e. The standard InChI is InChI=1S/C23H23N3O2/c1-15-8-10-19(11-9-15)26-23-22(17(3)25-26)16(2)12-21(24-23)28-14-18-6-5-7-20(13-18)27-4/h5-13H,14H2,1-4H3. The predicted molar refractivity (Wildman–Crippen MR) is 110 cm³/mol. The van der Waals surface area contributed by atoms with E-state index < -0.39 is 0 Å². The molecule has 0 bridgehead atoms. The van der Waals surface area contributed by atoms with E-state index in [1.165, 1.54) is 5.56 Å². The Morgan fingerprint density at radius 2 is 1.75 bits per heavy atom. The van der Waals surface area contributed by atoms with Gasteiger partial charge in [0.25, 0.3) is 0 Å². The Morgan fingerprint density at radius 1 is 0.964 bits per heavy atom. The highest BCUT2D eigenvalue weighted by Gasteiger charge is 2.15. The highest BCUT2D eigenvalue weighted by atomic mass is 16.5. The van der Waals surface area contributed by atoms with E-state index in [2.05, 4.69) is 38.1 Å². The Balaban J connectivity index is 1.70. The molecule has 5 nitrogen and oxygen atoms in total. The number of fused-ring (bicyclic) bond motifs is 1. The van der Waals surface area contributed by atoms with E-state index >= 15 is 0 Å². The first-order valence-electron chi connectivity index (χ1n) is 9.25. The second-order valence-electron chi connectivity index (χ2n) is 6.95. The van der Waals surface area contributed by atoms with Gasteiger partial charge in [-0.05, 0) is 56.2 Å². The number of ether oxygens (including phenoxy) is 2. The number of hydrogen-bond acceptors (Lipinski definition) is 4. The molecule has 0 aliphatic heterocycles. The van der Waals surface area contributed by atoms with Crippen molar-refractivity contribution in [1.82, 2.24) is 14.8 Å². The van der Waals surface area contributed by atoms with E-state index in [4.69, 9.17) is 19.6 Å². The number of aromatic nitrogens is 3. The van der Waals surface area contributed by atoms with Gasteiger partial charge in [-0.2, -0.15) is 10.1 Å². The van der Waals surface area contributed by atoms with E-state index in [1.54, 1.807) is 7.11 Å². The summed E-state index contributed by atoms with van der Waals surface area (Å²) >= 11 is 0. The van der Waals surface area contributed by atoms with Crippen molar-refractivity contribution in [2.45, 2.75) is 27.4 Å². The number of pyridine rings is 1. The topological polar surface area (TPSA) is 49.2 Å². The molecule has 0 saturated carbocycles. The van der Waals surface area contributed by atoms with E-state index in [0.29, 0.717) is 12.5 Å². The van der Waals surface area contributed by atoms with Crippen LogP contribution in [0.5, 0.6) is 11.6 Å². The molecule has 2 aromatic heterocycles. The summed E-state index contributed by atoms with van der Waals surface area (Å²) in [7, 11) is 1.66. The minimum Gasteiger partial charge on any atom is -0.497 e. The van der Waals surface area contributed by atoms with Crippen LogP contribution in [-0.4, -0.2) is 21.9 Å². The maximum absolute atomic E-state index is 5.99. The van der Waals surface area contributed by atoms with Crippen molar-refractivity contribution in [3.63, 3.8) is 0 Å². The van der Waals surface area contributed by atoms with Gasteiger partial charge in [0.15, 0.2) is 5.65 Å². The fourth-order valence-corrected chi connectivity index (χ4v) is 3.33. The van der Waals surface area contributed by atoms with Gasteiger partial charge < -0.3 is 9.47 Å². The van der Waals surface area contributed by atoms with Gasteiger partial charge in [0.05, 0.1) is 18.5 Å². The van der Waals surface area contributed by atoms with E-state index in [-0.39, 0.29) is 0 Å². The third-order valence-corrected chi connectivity index (χ3v) is 4.79.